The lowest BCUT2D eigenvalue weighted by atomic mass is 10.0. The molecule has 1 aliphatic heterocycles. The van der Waals surface area contributed by atoms with E-state index in [-0.39, 0.29) is 5.91 Å². The number of nitrogens with zero attached hydrogens (tertiary/aromatic N) is 3. The first kappa shape index (κ1) is 15.8. The van der Waals surface area contributed by atoms with Crippen LogP contribution in [0, 0.1) is 0 Å². The van der Waals surface area contributed by atoms with Gasteiger partial charge in [-0.05, 0) is 32.8 Å². The molecule has 0 radical (unpaired) electrons. The van der Waals surface area contributed by atoms with E-state index < -0.39 is 6.23 Å². The molecule has 25 heavy (non-hydrogen) atoms. The molecular weight excluding hydrogens is 382 g/mol. The monoisotopic (exact) mass is 395 g/mol. The van der Waals surface area contributed by atoms with Crippen molar-refractivity contribution in [3.63, 3.8) is 0 Å². The summed E-state index contributed by atoms with van der Waals surface area (Å²) in [6.45, 7) is 1.48. The maximum absolute atomic E-state index is 12.1. The lowest BCUT2D eigenvalue weighted by Gasteiger charge is -2.20. The van der Waals surface area contributed by atoms with E-state index in [4.69, 9.17) is 4.74 Å². The summed E-state index contributed by atoms with van der Waals surface area (Å²) < 4.78 is 6.88. The second-order valence-corrected chi connectivity index (χ2v) is 6.61. The Morgan fingerprint density at radius 2 is 1.96 bits per heavy atom. The third kappa shape index (κ3) is 2.89. The van der Waals surface area contributed by atoms with Crippen molar-refractivity contribution in [3.8, 4) is 0 Å². The largest absolute Gasteiger partial charge is 0.446 e. The molecular formula is C19H14BrN3O2. The molecule has 0 N–H and O–H groups in total. The number of amides is 1. The van der Waals surface area contributed by atoms with E-state index in [1.165, 1.54) is 11.9 Å². The van der Waals surface area contributed by atoms with Crippen molar-refractivity contribution in [1.82, 2.24) is 9.99 Å². The Labute approximate surface area is 153 Å². The Kier molecular flexibility index (Phi) is 3.97. The van der Waals surface area contributed by atoms with E-state index in [0.717, 1.165) is 20.8 Å². The third-order valence-corrected chi connectivity index (χ3v) is 4.44. The van der Waals surface area contributed by atoms with E-state index in [0.29, 0.717) is 11.5 Å². The Bertz CT molecular complexity index is 997. The SMILES string of the molecule is CC(=O)N1N=C(c2cncc(Br)c2)O[C@@H]1c1cccc2ccccc12. The summed E-state index contributed by atoms with van der Waals surface area (Å²) >= 11 is 3.39. The van der Waals surface area contributed by atoms with Crippen molar-refractivity contribution in [3.05, 3.63) is 76.5 Å². The first-order valence-electron chi connectivity index (χ1n) is 7.77. The van der Waals surface area contributed by atoms with Crippen LogP contribution < -0.4 is 0 Å². The smallest absolute Gasteiger partial charge is 0.243 e. The highest BCUT2D eigenvalue weighted by molar-refractivity contribution is 9.10. The van der Waals surface area contributed by atoms with E-state index in [9.17, 15) is 4.79 Å². The van der Waals surface area contributed by atoms with Crippen molar-refractivity contribution in [1.29, 1.82) is 0 Å². The highest BCUT2D eigenvalue weighted by Crippen LogP contribution is 2.34. The highest BCUT2D eigenvalue weighted by Gasteiger charge is 2.34. The van der Waals surface area contributed by atoms with Gasteiger partial charge in [0.2, 0.25) is 18.0 Å². The highest BCUT2D eigenvalue weighted by atomic mass is 79.9. The Balaban J connectivity index is 1.79. The molecule has 0 fully saturated rings. The second-order valence-electron chi connectivity index (χ2n) is 5.70. The molecule has 1 aromatic heterocycles. The number of fused-ring (bicyclic) bond motifs is 1. The summed E-state index contributed by atoms with van der Waals surface area (Å²) in [5, 5.41) is 7.87. The Morgan fingerprint density at radius 3 is 2.76 bits per heavy atom. The molecule has 2 aromatic carbocycles. The molecule has 0 saturated carbocycles. The van der Waals surface area contributed by atoms with Crippen molar-refractivity contribution < 1.29 is 9.53 Å². The van der Waals surface area contributed by atoms with Gasteiger partial charge in [-0.25, -0.2) is 0 Å². The molecule has 124 valence electrons. The van der Waals surface area contributed by atoms with Gasteiger partial charge in [-0.1, -0.05) is 42.5 Å². The Hall–Kier alpha value is -2.73. The van der Waals surface area contributed by atoms with E-state index in [2.05, 4.69) is 26.0 Å². The number of rotatable bonds is 2. The van der Waals surface area contributed by atoms with Crippen molar-refractivity contribution >= 4 is 38.5 Å². The number of hydrogen-bond acceptors (Lipinski definition) is 4. The molecule has 6 heteroatoms. The fraction of sp³-hybridized carbons (Fsp3) is 0.105. The number of hydrazone groups is 1. The fourth-order valence-electron chi connectivity index (χ4n) is 2.88. The first-order chi connectivity index (χ1) is 12.1. The maximum Gasteiger partial charge on any atom is 0.243 e. The van der Waals surface area contributed by atoms with Gasteiger partial charge in [0.1, 0.15) is 0 Å². The number of benzene rings is 2. The summed E-state index contributed by atoms with van der Waals surface area (Å²) in [7, 11) is 0. The van der Waals surface area contributed by atoms with Crippen molar-refractivity contribution in [2.45, 2.75) is 13.2 Å². The van der Waals surface area contributed by atoms with Gasteiger partial charge in [0.05, 0.1) is 5.56 Å². The summed E-state index contributed by atoms with van der Waals surface area (Å²) in [6, 6.07) is 15.8. The standard InChI is InChI=1S/C19H14BrN3O2/c1-12(24)23-19(17-8-4-6-13-5-2-3-7-16(13)17)25-18(22-23)14-9-15(20)11-21-10-14/h2-11,19H,1H3/t19-/m1/s1. The lowest BCUT2D eigenvalue weighted by molar-refractivity contribution is -0.135. The third-order valence-electron chi connectivity index (χ3n) is 4.01. The average Bonchev–Trinajstić information content (AvgIpc) is 3.07. The van der Waals surface area contributed by atoms with Crippen LogP contribution in [0.5, 0.6) is 0 Å². The second kappa shape index (κ2) is 6.29. The number of ether oxygens (including phenoxy) is 1. The van der Waals surface area contributed by atoms with Crippen LogP contribution >= 0.6 is 15.9 Å². The van der Waals surface area contributed by atoms with Gasteiger partial charge >= 0.3 is 0 Å². The predicted octanol–water partition coefficient (Wildman–Crippen LogP) is 4.24. The normalized spacial score (nSPS) is 16.6. The van der Waals surface area contributed by atoms with Crippen LogP contribution in [0.1, 0.15) is 24.3 Å². The molecule has 0 aliphatic carbocycles. The molecule has 1 aliphatic rings. The molecule has 2 heterocycles. The minimum absolute atomic E-state index is 0.184. The number of hydrogen-bond donors (Lipinski definition) is 0. The molecule has 0 saturated heterocycles. The van der Waals surface area contributed by atoms with Crippen LogP contribution in [0.25, 0.3) is 10.8 Å². The molecule has 0 spiro atoms. The molecule has 5 nitrogen and oxygen atoms in total. The zero-order valence-electron chi connectivity index (χ0n) is 13.4. The van der Waals surface area contributed by atoms with E-state index in [1.807, 2.05) is 48.5 Å². The van der Waals surface area contributed by atoms with Gasteiger partial charge in [-0.3, -0.25) is 9.78 Å². The number of carbonyl (C=O) groups excluding carboxylic acids is 1. The minimum Gasteiger partial charge on any atom is -0.446 e. The predicted molar refractivity (Wildman–Crippen MR) is 98.8 cm³/mol. The zero-order chi connectivity index (χ0) is 17.4. The van der Waals surface area contributed by atoms with Gasteiger partial charge in [0.15, 0.2) is 0 Å². The topological polar surface area (TPSA) is 54.8 Å². The summed E-state index contributed by atoms with van der Waals surface area (Å²) in [5.41, 5.74) is 1.61. The van der Waals surface area contributed by atoms with Crippen LogP contribution in [-0.2, 0) is 9.53 Å². The summed E-state index contributed by atoms with van der Waals surface area (Å²) in [5.74, 6) is 0.192. The zero-order valence-corrected chi connectivity index (χ0v) is 15.0. The van der Waals surface area contributed by atoms with Crippen LogP contribution in [0.3, 0.4) is 0 Å². The first-order valence-corrected chi connectivity index (χ1v) is 8.56. The average molecular weight is 396 g/mol. The summed E-state index contributed by atoms with van der Waals surface area (Å²) in [4.78, 5) is 16.3. The quantitative estimate of drug-likeness (QED) is 0.651. The van der Waals surface area contributed by atoms with Gasteiger partial charge in [0.25, 0.3) is 0 Å². The van der Waals surface area contributed by atoms with Crippen molar-refractivity contribution in [2.75, 3.05) is 0 Å². The van der Waals surface area contributed by atoms with Gasteiger partial charge in [0, 0.05) is 29.4 Å². The van der Waals surface area contributed by atoms with Crippen molar-refractivity contribution in [2.24, 2.45) is 5.10 Å². The van der Waals surface area contributed by atoms with E-state index >= 15 is 0 Å². The maximum atomic E-state index is 12.1. The molecule has 0 unspecified atom stereocenters. The number of pyridine rings is 1. The number of carbonyl (C=O) groups is 1. The molecule has 0 bridgehead atoms. The van der Waals surface area contributed by atoms with Gasteiger partial charge in [-0.2, -0.15) is 5.01 Å². The van der Waals surface area contributed by atoms with Crippen LogP contribution in [-0.4, -0.2) is 21.8 Å². The van der Waals surface area contributed by atoms with Gasteiger partial charge in [-0.15, -0.1) is 5.10 Å². The lowest BCUT2D eigenvalue weighted by Crippen LogP contribution is -2.25. The van der Waals surface area contributed by atoms with E-state index in [1.54, 1.807) is 12.4 Å². The van der Waals surface area contributed by atoms with Crippen LogP contribution in [0.4, 0.5) is 0 Å². The number of aromatic nitrogens is 1. The fourth-order valence-corrected chi connectivity index (χ4v) is 3.25. The van der Waals surface area contributed by atoms with Crippen LogP contribution in [0.2, 0.25) is 0 Å². The molecule has 1 atom stereocenters. The van der Waals surface area contributed by atoms with Gasteiger partial charge < -0.3 is 4.74 Å². The summed E-state index contributed by atoms with van der Waals surface area (Å²) in [6.07, 6.45) is 2.75. The molecule has 1 amide bonds. The van der Waals surface area contributed by atoms with Crippen LogP contribution in [0.15, 0.2) is 70.5 Å². The number of halogens is 1. The molecule has 3 aromatic rings. The Morgan fingerprint density at radius 1 is 1.16 bits per heavy atom. The minimum atomic E-state index is -0.599. The molecule has 4 rings (SSSR count).